The summed E-state index contributed by atoms with van der Waals surface area (Å²) in [5.41, 5.74) is -0.841. The van der Waals surface area contributed by atoms with E-state index in [1.807, 2.05) is 0 Å². The van der Waals surface area contributed by atoms with Gasteiger partial charge in [-0.1, -0.05) is 42.5 Å². The highest BCUT2D eigenvalue weighted by Crippen LogP contribution is 2.19. The van der Waals surface area contributed by atoms with Gasteiger partial charge in [0, 0.05) is 17.2 Å². The lowest BCUT2D eigenvalue weighted by atomic mass is 10.0. The topological polar surface area (TPSA) is 135 Å². The molecule has 1 heterocycles. The lowest BCUT2D eigenvalue weighted by molar-refractivity contribution is -0.385. The Balaban J connectivity index is 1.88. The maximum atomic E-state index is 12.7. The number of anilines is 1. The van der Waals surface area contributed by atoms with Gasteiger partial charge in [0.25, 0.3) is 11.2 Å². The number of carbonyl (C=O) groups excluding carboxylic acids is 2. The second-order valence-electron chi connectivity index (χ2n) is 6.20. The zero-order valence-electron chi connectivity index (χ0n) is 15.4. The van der Waals surface area contributed by atoms with E-state index in [0.29, 0.717) is 5.56 Å². The molecule has 0 aliphatic carbocycles. The number of aromatic nitrogens is 1. The number of rotatable bonds is 6. The van der Waals surface area contributed by atoms with Crippen molar-refractivity contribution in [2.45, 2.75) is 6.54 Å². The number of nitrogens with one attached hydrogen (secondary N) is 1. The molecular weight excluding hydrogens is 388 g/mol. The summed E-state index contributed by atoms with van der Waals surface area (Å²) in [6, 6.07) is 17.3. The number of hydrogen-bond acceptors (Lipinski definition) is 6. The van der Waals surface area contributed by atoms with E-state index in [-0.39, 0.29) is 17.0 Å². The SMILES string of the molecule is N#Cc1cc([N+](=O)[O-])cn(CC(=O)Nc2ccccc2C(=O)c2ccccc2)c1=O. The van der Waals surface area contributed by atoms with Gasteiger partial charge in [-0.2, -0.15) is 5.26 Å². The lowest BCUT2D eigenvalue weighted by Gasteiger charge is -2.11. The molecule has 2 aromatic carbocycles. The molecule has 148 valence electrons. The van der Waals surface area contributed by atoms with Crippen LogP contribution >= 0.6 is 0 Å². The molecule has 9 nitrogen and oxygen atoms in total. The Morgan fingerprint density at radius 1 is 1.10 bits per heavy atom. The number of carbonyl (C=O) groups is 2. The minimum atomic E-state index is -0.827. The molecular formula is C21H14N4O5. The van der Waals surface area contributed by atoms with Crippen molar-refractivity contribution in [1.29, 1.82) is 5.26 Å². The van der Waals surface area contributed by atoms with Gasteiger partial charge in [-0.05, 0) is 12.1 Å². The van der Waals surface area contributed by atoms with Crippen LogP contribution in [0.3, 0.4) is 0 Å². The van der Waals surface area contributed by atoms with E-state index in [1.54, 1.807) is 54.6 Å². The van der Waals surface area contributed by atoms with Crippen molar-refractivity contribution in [3.63, 3.8) is 0 Å². The zero-order valence-corrected chi connectivity index (χ0v) is 15.4. The van der Waals surface area contributed by atoms with Crippen molar-refractivity contribution in [1.82, 2.24) is 4.57 Å². The smallest absolute Gasteiger partial charge is 0.287 e. The second kappa shape index (κ2) is 8.62. The summed E-state index contributed by atoms with van der Waals surface area (Å²) >= 11 is 0. The van der Waals surface area contributed by atoms with Crippen LogP contribution in [-0.2, 0) is 11.3 Å². The van der Waals surface area contributed by atoms with Crippen LogP contribution in [-0.4, -0.2) is 21.2 Å². The van der Waals surface area contributed by atoms with E-state index >= 15 is 0 Å². The molecule has 0 saturated carbocycles. The molecule has 3 rings (SSSR count). The van der Waals surface area contributed by atoms with Crippen LogP contribution in [0.4, 0.5) is 11.4 Å². The van der Waals surface area contributed by atoms with E-state index in [9.17, 15) is 24.5 Å². The first-order valence-corrected chi connectivity index (χ1v) is 8.68. The fourth-order valence-corrected chi connectivity index (χ4v) is 2.80. The first-order valence-electron chi connectivity index (χ1n) is 8.68. The fourth-order valence-electron chi connectivity index (χ4n) is 2.80. The molecule has 0 radical (unpaired) electrons. The number of para-hydroxylation sites is 1. The molecule has 0 bridgehead atoms. The van der Waals surface area contributed by atoms with Crippen LogP contribution < -0.4 is 10.9 Å². The Labute approximate surface area is 170 Å². The Hall–Kier alpha value is -4.58. The van der Waals surface area contributed by atoms with E-state index in [0.717, 1.165) is 16.8 Å². The third kappa shape index (κ3) is 4.28. The summed E-state index contributed by atoms with van der Waals surface area (Å²) in [4.78, 5) is 47.7. The normalized spacial score (nSPS) is 10.1. The zero-order chi connectivity index (χ0) is 21.7. The van der Waals surface area contributed by atoms with Gasteiger partial charge in [0.05, 0.1) is 16.8 Å². The number of nitro groups is 1. The van der Waals surface area contributed by atoms with Gasteiger partial charge in [0.2, 0.25) is 5.91 Å². The lowest BCUT2D eigenvalue weighted by Crippen LogP contribution is -2.29. The average molecular weight is 402 g/mol. The van der Waals surface area contributed by atoms with Crippen LogP contribution in [0.1, 0.15) is 21.5 Å². The van der Waals surface area contributed by atoms with Gasteiger partial charge in [-0.25, -0.2) is 0 Å². The molecule has 3 aromatic rings. The number of amides is 1. The van der Waals surface area contributed by atoms with E-state index in [1.165, 1.54) is 6.07 Å². The van der Waals surface area contributed by atoms with Crippen molar-refractivity contribution >= 4 is 23.1 Å². The quantitative estimate of drug-likeness (QED) is 0.382. The summed E-state index contributed by atoms with van der Waals surface area (Å²) in [6.07, 6.45) is 0.893. The molecule has 0 fully saturated rings. The largest absolute Gasteiger partial charge is 0.324 e. The highest BCUT2D eigenvalue weighted by molar-refractivity contribution is 6.13. The van der Waals surface area contributed by atoms with Gasteiger partial charge in [-0.3, -0.25) is 29.1 Å². The molecule has 1 aromatic heterocycles. The van der Waals surface area contributed by atoms with Gasteiger partial charge < -0.3 is 5.32 Å². The third-order valence-corrected chi connectivity index (χ3v) is 4.20. The number of nitrogens with zero attached hydrogens (tertiary/aromatic N) is 3. The second-order valence-corrected chi connectivity index (χ2v) is 6.20. The average Bonchev–Trinajstić information content (AvgIpc) is 2.75. The molecule has 0 aliphatic heterocycles. The summed E-state index contributed by atoms with van der Waals surface area (Å²) in [5.74, 6) is -0.986. The number of benzene rings is 2. The van der Waals surface area contributed by atoms with Gasteiger partial charge in [0.15, 0.2) is 5.78 Å². The van der Waals surface area contributed by atoms with Crippen molar-refractivity contribution in [2.24, 2.45) is 0 Å². The molecule has 0 atom stereocenters. The maximum Gasteiger partial charge on any atom is 0.287 e. The monoisotopic (exact) mass is 402 g/mol. The standard InChI is InChI=1S/C21H14N4O5/c22-11-15-10-16(25(29)30)12-24(21(15)28)13-19(26)23-18-9-5-4-8-17(18)20(27)14-6-2-1-3-7-14/h1-10,12H,13H2,(H,23,26). The summed E-state index contributed by atoms with van der Waals surface area (Å²) < 4.78 is 0.785. The van der Waals surface area contributed by atoms with Gasteiger partial charge >= 0.3 is 0 Å². The van der Waals surface area contributed by atoms with Crippen LogP contribution in [0, 0.1) is 21.4 Å². The minimum Gasteiger partial charge on any atom is -0.324 e. The molecule has 9 heteroatoms. The first-order chi connectivity index (χ1) is 14.4. The van der Waals surface area contributed by atoms with Crippen LogP contribution in [0.2, 0.25) is 0 Å². The number of pyridine rings is 1. The predicted molar refractivity (Wildman–Crippen MR) is 107 cm³/mol. The molecule has 0 saturated heterocycles. The predicted octanol–water partition coefficient (Wildman–Crippen LogP) is 2.50. The van der Waals surface area contributed by atoms with E-state index < -0.39 is 34.2 Å². The Morgan fingerprint density at radius 2 is 1.77 bits per heavy atom. The first kappa shape index (κ1) is 20.2. The molecule has 0 spiro atoms. The number of ketones is 1. The van der Waals surface area contributed by atoms with Crippen LogP contribution in [0.25, 0.3) is 0 Å². The molecule has 0 unspecified atom stereocenters. The highest BCUT2D eigenvalue weighted by atomic mass is 16.6. The Kier molecular flexibility index (Phi) is 5.79. The summed E-state index contributed by atoms with van der Waals surface area (Å²) in [6.45, 7) is -0.566. The summed E-state index contributed by atoms with van der Waals surface area (Å²) in [7, 11) is 0. The third-order valence-electron chi connectivity index (χ3n) is 4.20. The summed E-state index contributed by atoms with van der Waals surface area (Å²) in [5, 5.41) is 22.6. The van der Waals surface area contributed by atoms with Gasteiger partial charge in [-0.15, -0.1) is 0 Å². The molecule has 0 aliphatic rings. The molecule has 1 N–H and O–H groups in total. The van der Waals surface area contributed by atoms with Crippen LogP contribution in [0.15, 0.2) is 71.7 Å². The highest BCUT2D eigenvalue weighted by Gasteiger charge is 2.18. The van der Waals surface area contributed by atoms with Crippen molar-refractivity contribution in [3.05, 3.63) is 104 Å². The van der Waals surface area contributed by atoms with Crippen molar-refractivity contribution in [2.75, 3.05) is 5.32 Å². The minimum absolute atomic E-state index is 0.232. The van der Waals surface area contributed by atoms with Crippen LogP contribution in [0.5, 0.6) is 0 Å². The number of nitriles is 1. The van der Waals surface area contributed by atoms with E-state index in [4.69, 9.17) is 5.26 Å². The van der Waals surface area contributed by atoms with E-state index in [2.05, 4.69) is 5.32 Å². The Bertz CT molecular complexity index is 1240. The molecule has 30 heavy (non-hydrogen) atoms. The van der Waals surface area contributed by atoms with Crippen molar-refractivity contribution < 1.29 is 14.5 Å². The Morgan fingerprint density at radius 3 is 2.43 bits per heavy atom. The maximum absolute atomic E-state index is 12.7. The van der Waals surface area contributed by atoms with Gasteiger partial charge in [0.1, 0.15) is 18.2 Å². The fraction of sp³-hybridized carbons (Fsp3) is 0.0476. The van der Waals surface area contributed by atoms with Crippen molar-refractivity contribution in [3.8, 4) is 6.07 Å². The molecule has 1 amide bonds. The number of hydrogen-bond donors (Lipinski definition) is 1.